The minimum Gasteiger partial charge on any atom is -0.480 e. The van der Waals surface area contributed by atoms with Crippen molar-refractivity contribution < 1.29 is 27.9 Å². The van der Waals surface area contributed by atoms with E-state index in [1.165, 1.54) is 0 Å². The number of carbonyl (C=O) groups is 2. The fraction of sp³-hybridized carbons (Fsp3) is 0.429. The summed E-state index contributed by atoms with van der Waals surface area (Å²) in [6, 6.07) is 5.34. The summed E-state index contributed by atoms with van der Waals surface area (Å²) in [5.41, 5.74) is 0.900. The van der Waals surface area contributed by atoms with Crippen molar-refractivity contribution >= 4 is 27.8 Å². The molecule has 1 aromatic carbocycles. The first kappa shape index (κ1) is 16.8. The first-order valence-corrected chi connectivity index (χ1v) is 7.32. The molecule has 120 valence electrons. The summed E-state index contributed by atoms with van der Waals surface area (Å²) in [6.45, 7) is 0. The highest BCUT2D eigenvalue weighted by Gasteiger charge is 2.46. The molecule has 1 saturated carbocycles. The van der Waals surface area contributed by atoms with Crippen LogP contribution in [0.15, 0.2) is 28.7 Å². The van der Waals surface area contributed by atoms with Crippen molar-refractivity contribution in [2.75, 3.05) is 0 Å². The standard InChI is InChI=1S/C14H13BrF3NO3/c15-8-3-1-2-7(4-8)9-5-10(9)12(20)19-11(13(21)22)6-14(16,17)18/h1-4,9-11H,5-6H2,(H,19,20)(H,21,22). The van der Waals surface area contributed by atoms with Crippen molar-refractivity contribution in [2.45, 2.75) is 31.0 Å². The van der Waals surface area contributed by atoms with Crippen LogP contribution in [0.3, 0.4) is 0 Å². The summed E-state index contributed by atoms with van der Waals surface area (Å²) in [5, 5.41) is 10.8. The molecule has 3 atom stereocenters. The van der Waals surface area contributed by atoms with Gasteiger partial charge < -0.3 is 10.4 Å². The van der Waals surface area contributed by atoms with Gasteiger partial charge in [0.25, 0.3) is 0 Å². The zero-order valence-electron chi connectivity index (χ0n) is 11.2. The van der Waals surface area contributed by atoms with Crippen LogP contribution in [-0.2, 0) is 9.59 Å². The van der Waals surface area contributed by atoms with E-state index < -0.39 is 36.4 Å². The van der Waals surface area contributed by atoms with Gasteiger partial charge in [-0.3, -0.25) is 4.79 Å². The van der Waals surface area contributed by atoms with Gasteiger partial charge in [0.15, 0.2) is 0 Å². The average molecular weight is 380 g/mol. The molecule has 0 aromatic heterocycles. The number of alkyl halides is 3. The van der Waals surface area contributed by atoms with E-state index in [-0.39, 0.29) is 5.92 Å². The number of halogens is 4. The molecule has 2 rings (SSSR count). The van der Waals surface area contributed by atoms with Crippen molar-refractivity contribution in [2.24, 2.45) is 5.92 Å². The molecule has 0 spiro atoms. The van der Waals surface area contributed by atoms with E-state index in [0.717, 1.165) is 10.0 Å². The first-order chi connectivity index (χ1) is 10.2. The Kier molecular flexibility index (Phi) is 4.79. The number of carboxylic acid groups (broad SMARTS) is 1. The largest absolute Gasteiger partial charge is 0.480 e. The van der Waals surface area contributed by atoms with Gasteiger partial charge in [-0.1, -0.05) is 28.1 Å². The summed E-state index contributed by atoms with van der Waals surface area (Å²) >= 11 is 3.30. The van der Waals surface area contributed by atoms with Gasteiger partial charge >= 0.3 is 12.1 Å². The topological polar surface area (TPSA) is 66.4 Å². The number of aliphatic carboxylic acids is 1. The minimum absolute atomic E-state index is 0.0853. The molecule has 4 nitrogen and oxygen atoms in total. The summed E-state index contributed by atoms with van der Waals surface area (Å²) < 4.78 is 37.7. The summed E-state index contributed by atoms with van der Waals surface area (Å²) in [7, 11) is 0. The van der Waals surface area contributed by atoms with E-state index in [0.29, 0.717) is 6.42 Å². The van der Waals surface area contributed by atoms with Gasteiger partial charge in [-0.15, -0.1) is 0 Å². The lowest BCUT2D eigenvalue weighted by molar-refractivity contribution is -0.160. The Hall–Kier alpha value is -1.57. The highest BCUT2D eigenvalue weighted by atomic mass is 79.9. The Morgan fingerprint density at radius 2 is 2.09 bits per heavy atom. The third kappa shape index (κ3) is 4.46. The SMILES string of the molecule is O=C(O)C(CC(F)(F)F)NC(=O)C1CC1c1cccc(Br)c1. The van der Waals surface area contributed by atoms with Crippen LogP contribution in [0.4, 0.5) is 13.2 Å². The zero-order chi connectivity index (χ0) is 16.5. The minimum atomic E-state index is -4.65. The first-order valence-electron chi connectivity index (χ1n) is 6.53. The molecule has 0 heterocycles. The molecule has 0 bridgehead atoms. The lowest BCUT2D eigenvalue weighted by atomic mass is 10.1. The highest BCUT2D eigenvalue weighted by Crippen LogP contribution is 2.48. The number of amides is 1. The Balaban J connectivity index is 1.97. The van der Waals surface area contributed by atoms with Gasteiger partial charge in [-0.05, 0) is 30.0 Å². The Bertz CT molecular complexity index is 591. The molecular weight excluding hydrogens is 367 g/mol. The smallest absolute Gasteiger partial charge is 0.391 e. The van der Waals surface area contributed by atoms with Crippen LogP contribution in [0.2, 0.25) is 0 Å². The summed E-state index contributed by atoms with van der Waals surface area (Å²) in [6.07, 6.45) is -5.73. The molecular formula is C14H13BrF3NO3. The second-order valence-electron chi connectivity index (χ2n) is 5.22. The molecule has 0 saturated heterocycles. The molecule has 1 fully saturated rings. The lowest BCUT2D eigenvalue weighted by Crippen LogP contribution is -2.44. The Morgan fingerprint density at radius 1 is 1.41 bits per heavy atom. The fourth-order valence-corrected chi connectivity index (χ4v) is 2.72. The second-order valence-corrected chi connectivity index (χ2v) is 6.14. The van der Waals surface area contributed by atoms with Crippen LogP contribution in [0.1, 0.15) is 24.3 Å². The molecule has 2 N–H and O–H groups in total. The van der Waals surface area contributed by atoms with Crippen molar-refractivity contribution in [3.05, 3.63) is 34.3 Å². The van der Waals surface area contributed by atoms with Crippen LogP contribution in [0.25, 0.3) is 0 Å². The van der Waals surface area contributed by atoms with Crippen LogP contribution in [0, 0.1) is 5.92 Å². The van der Waals surface area contributed by atoms with Gasteiger partial charge in [0.2, 0.25) is 5.91 Å². The molecule has 1 aromatic rings. The summed E-state index contributed by atoms with van der Waals surface area (Å²) in [4.78, 5) is 22.8. The fourth-order valence-electron chi connectivity index (χ4n) is 2.30. The van der Waals surface area contributed by atoms with Gasteiger partial charge in [0.1, 0.15) is 6.04 Å². The van der Waals surface area contributed by atoms with Crippen LogP contribution >= 0.6 is 15.9 Å². The van der Waals surface area contributed by atoms with E-state index >= 15 is 0 Å². The molecule has 22 heavy (non-hydrogen) atoms. The van der Waals surface area contributed by atoms with Crippen LogP contribution in [-0.4, -0.2) is 29.2 Å². The number of carbonyl (C=O) groups excluding carboxylic acids is 1. The van der Waals surface area contributed by atoms with Gasteiger partial charge in [-0.25, -0.2) is 4.79 Å². The van der Waals surface area contributed by atoms with Gasteiger partial charge in [-0.2, -0.15) is 13.2 Å². The van der Waals surface area contributed by atoms with Crippen LogP contribution in [0.5, 0.6) is 0 Å². The molecule has 0 radical (unpaired) electrons. The molecule has 8 heteroatoms. The summed E-state index contributed by atoms with van der Waals surface area (Å²) in [5.74, 6) is -2.91. The monoisotopic (exact) mass is 379 g/mol. The number of hydrogen-bond acceptors (Lipinski definition) is 2. The molecule has 1 amide bonds. The molecule has 3 unspecified atom stereocenters. The van der Waals surface area contributed by atoms with E-state index in [1.54, 1.807) is 6.07 Å². The maximum absolute atomic E-state index is 12.3. The number of nitrogens with one attached hydrogen (secondary N) is 1. The second kappa shape index (κ2) is 6.28. The normalized spacial score (nSPS) is 22.0. The molecule has 1 aliphatic rings. The van der Waals surface area contributed by atoms with E-state index in [4.69, 9.17) is 5.11 Å². The number of benzene rings is 1. The third-order valence-electron chi connectivity index (χ3n) is 3.45. The van der Waals surface area contributed by atoms with E-state index in [2.05, 4.69) is 15.9 Å². The van der Waals surface area contributed by atoms with Gasteiger partial charge in [0.05, 0.1) is 6.42 Å². The highest BCUT2D eigenvalue weighted by molar-refractivity contribution is 9.10. The predicted octanol–water partition coefficient (Wildman–Crippen LogP) is 3.07. The maximum Gasteiger partial charge on any atom is 0.391 e. The lowest BCUT2D eigenvalue weighted by Gasteiger charge is -2.16. The van der Waals surface area contributed by atoms with Crippen LogP contribution < -0.4 is 5.32 Å². The Morgan fingerprint density at radius 3 is 2.64 bits per heavy atom. The quantitative estimate of drug-likeness (QED) is 0.825. The number of carboxylic acids is 1. The van der Waals surface area contributed by atoms with E-state index in [1.807, 2.05) is 23.5 Å². The van der Waals surface area contributed by atoms with Crippen molar-refractivity contribution in [3.63, 3.8) is 0 Å². The van der Waals surface area contributed by atoms with E-state index in [9.17, 15) is 22.8 Å². The predicted molar refractivity (Wildman–Crippen MR) is 75.2 cm³/mol. The zero-order valence-corrected chi connectivity index (χ0v) is 12.8. The van der Waals surface area contributed by atoms with Crippen molar-refractivity contribution in [1.29, 1.82) is 0 Å². The molecule has 1 aliphatic carbocycles. The average Bonchev–Trinajstić information content (AvgIpc) is 3.16. The third-order valence-corrected chi connectivity index (χ3v) is 3.95. The number of rotatable bonds is 5. The number of hydrogen-bond donors (Lipinski definition) is 2. The van der Waals surface area contributed by atoms with Crippen molar-refractivity contribution in [1.82, 2.24) is 5.32 Å². The maximum atomic E-state index is 12.3. The Labute approximate surface area is 132 Å². The van der Waals surface area contributed by atoms with Gasteiger partial charge in [0, 0.05) is 10.4 Å². The molecule has 0 aliphatic heterocycles. The van der Waals surface area contributed by atoms with Crippen molar-refractivity contribution in [3.8, 4) is 0 Å².